The van der Waals surface area contributed by atoms with Crippen molar-refractivity contribution in [3.05, 3.63) is 36.5 Å². The molecule has 0 aromatic rings. The van der Waals surface area contributed by atoms with Gasteiger partial charge in [0, 0.05) is 19.4 Å². The second-order valence-electron chi connectivity index (χ2n) is 11.2. The smallest absolute Gasteiger partial charge is 0.309 e. The summed E-state index contributed by atoms with van der Waals surface area (Å²) < 4.78 is 23.0. The molecule has 3 aliphatic rings. The fourth-order valence-corrected chi connectivity index (χ4v) is 6.48. The van der Waals surface area contributed by atoms with Crippen LogP contribution in [-0.2, 0) is 33.3 Å². The lowest BCUT2D eigenvalue weighted by molar-refractivity contribution is -0.274. The van der Waals surface area contributed by atoms with Gasteiger partial charge in [0.15, 0.2) is 0 Å². The zero-order chi connectivity index (χ0) is 28.6. The van der Waals surface area contributed by atoms with Crippen LogP contribution in [0.1, 0.15) is 67.2 Å². The molecule has 1 aliphatic heterocycles. The van der Waals surface area contributed by atoms with E-state index in [-0.39, 0.29) is 18.3 Å². The lowest BCUT2D eigenvalue weighted by Crippen LogP contribution is -2.68. The Morgan fingerprint density at radius 3 is 2.39 bits per heavy atom. The maximum absolute atomic E-state index is 12.8. The molecule has 212 valence electrons. The first-order chi connectivity index (χ1) is 17.7. The number of hydrogen-bond donors (Lipinski definition) is 2. The highest BCUT2D eigenvalue weighted by Gasteiger charge is 2.73. The zero-order valence-corrected chi connectivity index (χ0v) is 23.3. The topological polar surface area (TPSA) is 129 Å². The van der Waals surface area contributed by atoms with E-state index in [2.05, 4.69) is 13.2 Å². The molecule has 1 spiro atoms. The summed E-state index contributed by atoms with van der Waals surface area (Å²) in [6.45, 7) is 17.8. The maximum atomic E-state index is 12.8. The number of carbonyl (C=O) groups excluding carboxylic acids is 3. The Kier molecular flexibility index (Phi) is 8.95. The van der Waals surface area contributed by atoms with Crippen molar-refractivity contribution in [1.82, 2.24) is 0 Å². The fraction of sp³-hybridized carbons (Fsp3) is 0.690. The van der Waals surface area contributed by atoms with Crippen LogP contribution >= 0.6 is 0 Å². The number of aliphatic hydroxyl groups is 2. The van der Waals surface area contributed by atoms with E-state index in [0.717, 1.165) is 5.57 Å². The molecule has 0 amide bonds. The molecule has 1 heterocycles. The van der Waals surface area contributed by atoms with Crippen molar-refractivity contribution < 1.29 is 43.5 Å². The molecular weight excluding hydrogens is 492 g/mol. The lowest BCUT2D eigenvalue weighted by atomic mass is 9.44. The molecule has 9 heteroatoms. The minimum Gasteiger partial charge on any atom is -0.458 e. The van der Waals surface area contributed by atoms with E-state index in [4.69, 9.17) is 18.9 Å². The Morgan fingerprint density at radius 2 is 1.84 bits per heavy atom. The number of allylic oxidation sites excluding steroid dienone is 2. The van der Waals surface area contributed by atoms with Crippen molar-refractivity contribution in [2.75, 3.05) is 0 Å². The second-order valence-corrected chi connectivity index (χ2v) is 11.2. The van der Waals surface area contributed by atoms with Gasteiger partial charge in [-0.15, -0.1) is 0 Å². The van der Waals surface area contributed by atoms with Crippen LogP contribution < -0.4 is 0 Å². The van der Waals surface area contributed by atoms with Gasteiger partial charge in [0.25, 0.3) is 0 Å². The number of esters is 3. The summed E-state index contributed by atoms with van der Waals surface area (Å²) in [4.78, 5) is 37.0. The molecule has 0 aromatic heterocycles. The molecule has 38 heavy (non-hydrogen) atoms. The molecule has 2 N–H and O–H groups in total. The van der Waals surface area contributed by atoms with E-state index in [1.807, 2.05) is 20.8 Å². The Bertz CT molecular complexity index is 1000. The third-order valence-corrected chi connectivity index (χ3v) is 9.06. The summed E-state index contributed by atoms with van der Waals surface area (Å²) in [5.74, 6) is -2.89. The first kappa shape index (κ1) is 30.1. The van der Waals surface area contributed by atoms with Gasteiger partial charge in [-0.2, -0.15) is 0 Å². The summed E-state index contributed by atoms with van der Waals surface area (Å²) in [5.41, 5.74) is -0.972. The number of rotatable bonds is 9. The van der Waals surface area contributed by atoms with Crippen LogP contribution in [0.4, 0.5) is 0 Å². The first-order valence-corrected chi connectivity index (χ1v) is 13.3. The second kappa shape index (κ2) is 11.3. The summed E-state index contributed by atoms with van der Waals surface area (Å²) in [6, 6.07) is 0. The summed E-state index contributed by atoms with van der Waals surface area (Å²) in [5, 5.41) is 23.2. The SMILES string of the molecule is C=CC(=C)CC[C@@]1(C)[C@H](C)[C@H](O)[C@H](O)[C@]23C(=C[C@H](OC(=O)[C@@H](C)CC)C[C@H]12)[C@@H](OC(C)=O)O[C@H]3OC(C)=O. The van der Waals surface area contributed by atoms with E-state index in [0.29, 0.717) is 24.8 Å². The predicted molar refractivity (Wildman–Crippen MR) is 138 cm³/mol. The van der Waals surface area contributed by atoms with Crippen LogP contribution in [0.2, 0.25) is 0 Å². The van der Waals surface area contributed by atoms with E-state index < -0.39 is 65.5 Å². The normalized spacial score (nSPS) is 38.6. The van der Waals surface area contributed by atoms with Crippen molar-refractivity contribution >= 4 is 17.9 Å². The molecule has 0 aromatic carbocycles. The average Bonchev–Trinajstić information content (AvgIpc) is 3.15. The van der Waals surface area contributed by atoms with Crippen LogP contribution in [0.25, 0.3) is 0 Å². The maximum Gasteiger partial charge on any atom is 0.309 e. The molecule has 0 bridgehead atoms. The summed E-state index contributed by atoms with van der Waals surface area (Å²) in [7, 11) is 0. The number of aliphatic hydroxyl groups excluding tert-OH is 2. The molecule has 10 atom stereocenters. The van der Waals surface area contributed by atoms with Gasteiger partial charge < -0.3 is 24.4 Å². The molecule has 2 aliphatic carbocycles. The molecular formula is C29H42O9. The third kappa shape index (κ3) is 5.08. The van der Waals surface area contributed by atoms with Crippen molar-refractivity contribution in [2.45, 2.75) is 98.1 Å². The number of ether oxygens (including phenoxy) is 4. The monoisotopic (exact) mass is 534 g/mol. The van der Waals surface area contributed by atoms with Gasteiger partial charge in [-0.3, -0.25) is 19.1 Å². The van der Waals surface area contributed by atoms with Crippen LogP contribution in [0.3, 0.4) is 0 Å². The molecule has 0 unspecified atom stereocenters. The van der Waals surface area contributed by atoms with Crippen molar-refractivity contribution in [1.29, 1.82) is 0 Å². The van der Waals surface area contributed by atoms with Gasteiger partial charge in [-0.25, -0.2) is 0 Å². The highest BCUT2D eigenvalue weighted by atomic mass is 16.8. The minimum absolute atomic E-state index is 0.283. The number of carbonyl (C=O) groups is 3. The van der Waals surface area contributed by atoms with Gasteiger partial charge in [0.1, 0.15) is 6.10 Å². The van der Waals surface area contributed by atoms with E-state index in [1.54, 1.807) is 19.1 Å². The van der Waals surface area contributed by atoms with Crippen LogP contribution in [-0.4, -0.2) is 59.0 Å². The molecule has 1 saturated heterocycles. The quantitative estimate of drug-likeness (QED) is 0.197. The molecule has 0 radical (unpaired) electrons. The van der Waals surface area contributed by atoms with E-state index in [9.17, 15) is 24.6 Å². The lowest BCUT2D eigenvalue weighted by Gasteiger charge is -2.62. The Hall–Kier alpha value is -2.49. The van der Waals surface area contributed by atoms with Crippen LogP contribution in [0, 0.1) is 28.6 Å². The van der Waals surface area contributed by atoms with Crippen LogP contribution in [0.5, 0.6) is 0 Å². The third-order valence-electron chi connectivity index (χ3n) is 9.06. The van der Waals surface area contributed by atoms with Crippen molar-refractivity contribution in [3.63, 3.8) is 0 Å². The van der Waals surface area contributed by atoms with E-state index >= 15 is 0 Å². The minimum atomic E-state index is -1.44. The van der Waals surface area contributed by atoms with E-state index in [1.165, 1.54) is 13.8 Å². The van der Waals surface area contributed by atoms with Gasteiger partial charge in [0.2, 0.25) is 12.6 Å². The number of hydrogen-bond acceptors (Lipinski definition) is 9. The Morgan fingerprint density at radius 1 is 1.21 bits per heavy atom. The Balaban J connectivity index is 2.24. The molecule has 2 fully saturated rings. The predicted octanol–water partition coefficient (Wildman–Crippen LogP) is 3.59. The molecule has 1 saturated carbocycles. The van der Waals surface area contributed by atoms with Crippen LogP contribution in [0.15, 0.2) is 36.5 Å². The molecule has 3 rings (SSSR count). The standard InChI is InChI=1S/C29H42O9/c1-9-15(3)11-12-28(8)17(5)23(32)24(33)29-21(26(35-18(6)30)38-27(29)36-19(7)31)13-20(14-22(28)29)37-25(34)16(4)10-2/h9,13,16-17,20,22-24,26-27,32-33H,1,3,10-12,14H2,2,4-8H3/t16-,17+,20-,22+,23-,24-,26-,27+,28-,29-/m0/s1. The summed E-state index contributed by atoms with van der Waals surface area (Å²) in [6.07, 6.45) is -0.661. The molecule has 9 nitrogen and oxygen atoms in total. The van der Waals surface area contributed by atoms with Gasteiger partial charge in [-0.1, -0.05) is 52.5 Å². The first-order valence-electron chi connectivity index (χ1n) is 13.3. The highest BCUT2D eigenvalue weighted by Crippen LogP contribution is 2.67. The fourth-order valence-electron chi connectivity index (χ4n) is 6.48. The van der Waals surface area contributed by atoms with Gasteiger partial charge in [0.05, 0.1) is 23.5 Å². The van der Waals surface area contributed by atoms with Gasteiger partial charge in [-0.05, 0) is 49.0 Å². The largest absolute Gasteiger partial charge is 0.458 e. The van der Waals surface area contributed by atoms with Gasteiger partial charge >= 0.3 is 17.9 Å². The average molecular weight is 535 g/mol. The van der Waals surface area contributed by atoms with Crippen molar-refractivity contribution in [2.24, 2.45) is 28.6 Å². The summed E-state index contributed by atoms with van der Waals surface area (Å²) >= 11 is 0. The zero-order valence-electron chi connectivity index (χ0n) is 23.3. The highest BCUT2D eigenvalue weighted by molar-refractivity contribution is 5.72. The van der Waals surface area contributed by atoms with Crippen molar-refractivity contribution in [3.8, 4) is 0 Å². The Labute approximate surface area is 224 Å².